The molecule has 0 fully saturated rings. The van der Waals surface area contributed by atoms with Crippen molar-refractivity contribution in [2.75, 3.05) is 40.2 Å². The van der Waals surface area contributed by atoms with E-state index in [1.807, 2.05) is 25.1 Å². The van der Waals surface area contributed by atoms with Gasteiger partial charge in [-0.3, -0.25) is 4.79 Å². The van der Waals surface area contributed by atoms with Crippen molar-refractivity contribution in [3.8, 4) is 22.8 Å². The van der Waals surface area contributed by atoms with Crippen molar-refractivity contribution >= 4 is 39.2 Å². The van der Waals surface area contributed by atoms with Crippen LogP contribution in [0.1, 0.15) is 5.01 Å². The summed E-state index contributed by atoms with van der Waals surface area (Å²) in [7, 11) is 4.79. The highest BCUT2D eigenvalue weighted by Gasteiger charge is 2.18. The van der Waals surface area contributed by atoms with Gasteiger partial charge in [0.1, 0.15) is 16.2 Å². The number of carbonyl (C=O) groups excluding carboxylic acids is 1. The zero-order valence-corrected chi connectivity index (χ0v) is 18.3. The summed E-state index contributed by atoms with van der Waals surface area (Å²) in [6, 6.07) is 5.62. The molecule has 2 aromatic heterocycles. The number of aromatic nitrogens is 3. The molecule has 0 spiro atoms. The molecule has 0 aliphatic carbocycles. The first-order valence-corrected chi connectivity index (χ1v) is 10.6. The molecule has 0 bridgehead atoms. The van der Waals surface area contributed by atoms with Crippen LogP contribution in [0.25, 0.3) is 21.5 Å². The number of hydrogen-bond acceptors (Lipinski definition) is 9. The average Bonchev–Trinajstić information content (AvgIpc) is 3.13. The summed E-state index contributed by atoms with van der Waals surface area (Å²) in [5.74, 6) is 1.41. The number of thiazole rings is 1. The third-order valence-electron chi connectivity index (χ3n) is 4.02. The van der Waals surface area contributed by atoms with E-state index in [0.717, 1.165) is 26.5 Å². The van der Waals surface area contributed by atoms with Crippen LogP contribution in [0.5, 0.6) is 11.5 Å². The van der Waals surface area contributed by atoms with Crippen LogP contribution >= 0.6 is 23.1 Å². The fourth-order valence-electron chi connectivity index (χ4n) is 2.67. The van der Waals surface area contributed by atoms with Gasteiger partial charge in [-0.15, -0.1) is 21.5 Å². The maximum atomic E-state index is 12.0. The van der Waals surface area contributed by atoms with Crippen molar-refractivity contribution in [3.63, 3.8) is 0 Å². The van der Waals surface area contributed by atoms with Gasteiger partial charge in [0.2, 0.25) is 5.91 Å². The van der Waals surface area contributed by atoms with E-state index in [9.17, 15) is 4.79 Å². The molecule has 8 nitrogen and oxygen atoms in total. The first-order chi connectivity index (χ1) is 14.1. The molecule has 0 saturated heterocycles. The quantitative estimate of drug-likeness (QED) is 0.406. The summed E-state index contributed by atoms with van der Waals surface area (Å²) in [6.07, 6.45) is 0. The van der Waals surface area contributed by atoms with E-state index in [1.54, 1.807) is 32.7 Å². The first kappa shape index (κ1) is 21.3. The van der Waals surface area contributed by atoms with Crippen LogP contribution in [0.4, 0.5) is 0 Å². The van der Waals surface area contributed by atoms with Gasteiger partial charge in [0.15, 0.2) is 11.5 Å². The lowest BCUT2D eigenvalue weighted by Crippen LogP contribution is -2.28. The Balaban J connectivity index is 1.89. The molecule has 1 aromatic carbocycles. The molecular weight excluding hydrogens is 412 g/mol. The van der Waals surface area contributed by atoms with Gasteiger partial charge in [-0.1, -0.05) is 11.8 Å². The number of hydrogen-bond donors (Lipinski definition) is 1. The van der Waals surface area contributed by atoms with Gasteiger partial charge >= 0.3 is 0 Å². The van der Waals surface area contributed by atoms with E-state index in [1.165, 1.54) is 11.8 Å². The maximum absolute atomic E-state index is 12.0. The van der Waals surface area contributed by atoms with Gasteiger partial charge in [-0.25, -0.2) is 4.98 Å². The van der Waals surface area contributed by atoms with Crippen molar-refractivity contribution in [3.05, 3.63) is 23.2 Å². The zero-order valence-electron chi connectivity index (χ0n) is 16.6. The molecule has 2 heterocycles. The number of nitrogens with zero attached hydrogens (tertiary/aromatic N) is 3. The lowest BCUT2D eigenvalue weighted by molar-refractivity contribution is -0.118. The summed E-state index contributed by atoms with van der Waals surface area (Å²) >= 11 is 2.87. The third-order valence-corrected chi connectivity index (χ3v) is 5.95. The van der Waals surface area contributed by atoms with Gasteiger partial charge < -0.3 is 19.5 Å². The molecule has 0 radical (unpaired) electrons. The second-order valence-electron chi connectivity index (χ2n) is 5.97. The number of amides is 1. The summed E-state index contributed by atoms with van der Waals surface area (Å²) in [6.45, 7) is 2.89. The van der Waals surface area contributed by atoms with E-state index in [2.05, 4.69) is 20.5 Å². The number of nitrogens with one attached hydrogen (secondary N) is 1. The average molecular weight is 435 g/mol. The van der Waals surface area contributed by atoms with E-state index < -0.39 is 0 Å². The van der Waals surface area contributed by atoms with Crippen molar-refractivity contribution < 1.29 is 19.0 Å². The highest BCUT2D eigenvalue weighted by molar-refractivity contribution is 8.00. The lowest BCUT2D eigenvalue weighted by Gasteiger charge is -2.10. The molecule has 154 valence electrons. The van der Waals surface area contributed by atoms with Crippen LogP contribution in [0, 0.1) is 6.92 Å². The van der Waals surface area contributed by atoms with Crippen molar-refractivity contribution in [2.24, 2.45) is 0 Å². The Labute approximate surface area is 177 Å². The smallest absolute Gasteiger partial charge is 0.230 e. The van der Waals surface area contributed by atoms with E-state index in [4.69, 9.17) is 14.2 Å². The largest absolute Gasteiger partial charge is 0.493 e. The SMILES string of the molecule is COCCNC(=O)CSc1nnc(-c2ccc(OC)c(OC)c2)c2sc(C)nc12. The fourth-order valence-corrected chi connectivity index (χ4v) is 4.41. The number of methoxy groups -OCH3 is 3. The van der Waals surface area contributed by atoms with E-state index in [0.29, 0.717) is 29.7 Å². The lowest BCUT2D eigenvalue weighted by atomic mass is 10.1. The summed E-state index contributed by atoms with van der Waals surface area (Å²) in [5.41, 5.74) is 2.33. The molecule has 0 atom stereocenters. The van der Waals surface area contributed by atoms with Crippen LogP contribution in [0.2, 0.25) is 0 Å². The Hall–Kier alpha value is -2.43. The third kappa shape index (κ3) is 4.95. The Morgan fingerprint density at radius 1 is 1.17 bits per heavy atom. The minimum atomic E-state index is -0.0853. The molecule has 3 aromatic rings. The first-order valence-electron chi connectivity index (χ1n) is 8.82. The molecule has 0 unspecified atom stereocenters. The number of thioether (sulfide) groups is 1. The zero-order chi connectivity index (χ0) is 20.8. The summed E-state index contributed by atoms with van der Waals surface area (Å²) in [5, 5.41) is 13.1. The molecule has 1 amide bonds. The van der Waals surface area contributed by atoms with Crippen molar-refractivity contribution in [2.45, 2.75) is 11.9 Å². The van der Waals surface area contributed by atoms with Crippen molar-refractivity contribution in [1.82, 2.24) is 20.5 Å². The predicted molar refractivity (Wildman–Crippen MR) is 114 cm³/mol. The summed E-state index contributed by atoms with van der Waals surface area (Å²) in [4.78, 5) is 16.6. The molecule has 1 N–H and O–H groups in total. The molecule has 3 rings (SSSR count). The maximum Gasteiger partial charge on any atom is 0.230 e. The molecule has 10 heteroatoms. The van der Waals surface area contributed by atoms with E-state index in [-0.39, 0.29) is 11.7 Å². The standard InChI is InChI=1S/C19H22N4O4S2/c1-11-21-17-18(29-11)16(12-5-6-13(26-3)14(9-12)27-4)22-23-19(17)28-10-15(24)20-7-8-25-2/h5-6,9H,7-8,10H2,1-4H3,(H,20,24). The minimum Gasteiger partial charge on any atom is -0.493 e. The number of benzene rings is 1. The molecule has 0 aliphatic rings. The number of aryl methyl sites for hydroxylation is 1. The van der Waals surface area contributed by atoms with Crippen LogP contribution in [0.3, 0.4) is 0 Å². The molecule has 29 heavy (non-hydrogen) atoms. The number of carbonyl (C=O) groups is 1. The van der Waals surface area contributed by atoms with Gasteiger partial charge in [0, 0.05) is 19.2 Å². The highest BCUT2D eigenvalue weighted by atomic mass is 32.2. The Morgan fingerprint density at radius 3 is 2.69 bits per heavy atom. The Kier molecular flexibility index (Phi) is 7.24. The molecule has 0 saturated carbocycles. The van der Waals surface area contributed by atoms with E-state index >= 15 is 0 Å². The number of fused-ring (bicyclic) bond motifs is 1. The number of rotatable bonds is 9. The van der Waals surface area contributed by atoms with Gasteiger partial charge in [0.05, 0.1) is 36.3 Å². The normalized spacial score (nSPS) is 10.9. The minimum absolute atomic E-state index is 0.0853. The van der Waals surface area contributed by atoms with Crippen LogP contribution in [0.15, 0.2) is 23.2 Å². The van der Waals surface area contributed by atoms with Crippen molar-refractivity contribution in [1.29, 1.82) is 0 Å². The fraction of sp³-hybridized carbons (Fsp3) is 0.368. The Morgan fingerprint density at radius 2 is 1.97 bits per heavy atom. The number of ether oxygens (including phenoxy) is 3. The van der Waals surface area contributed by atoms with Gasteiger partial charge in [-0.05, 0) is 25.1 Å². The second-order valence-corrected chi connectivity index (χ2v) is 8.13. The van der Waals surface area contributed by atoms with Gasteiger partial charge in [-0.2, -0.15) is 0 Å². The van der Waals surface area contributed by atoms with Crippen LogP contribution < -0.4 is 14.8 Å². The molecular formula is C19H22N4O4S2. The Bertz CT molecular complexity index is 1010. The topological polar surface area (TPSA) is 95.5 Å². The monoisotopic (exact) mass is 434 g/mol. The van der Waals surface area contributed by atoms with Crippen LogP contribution in [-0.4, -0.2) is 61.3 Å². The molecule has 0 aliphatic heterocycles. The predicted octanol–water partition coefficient (Wildman–Crippen LogP) is 2.93. The summed E-state index contributed by atoms with van der Waals surface area (Å²) < 4.78 is 16.6. The van der Waals surface area contributed by atoms with Crippen LogP contribution in [-0.2, 0) is 9.53 Å². The second kappa shape index (κ2) is 9.86. The van der Waals surface area contributed by atoms with Gasteiger partial charge in [0.25, 0.3) is 0 Å². The highest BCUT2D eigenvalue weighted by Crippen LogP contribution is 2.38.